The van der Waals surface area contributed by atoms with E-state index in [4.69, 9.17) is 0 Å². The Morgan fingerprint density at radius 2 is 2.12 bits per heavy atom. The van der Waals surface area contributed by atoms with Crippen molar-refractivity contribution in [1.29, 1.82) is 0 Å². The van der Waals surface area contributed by atoms with Gasteiger partial charge in [0.05, 0.1) is 0 Å². The van der Waals surface area contributed by atoms with E-state index in [1.165, 1.54) is 17.9 Å². The fraction of sp³-hybridized carbons (Fsp3) is 0.462. The first-order valence-corrected chi connectivity index (χ1v) is 6.90. The molecule has 0 aliphatic carbocycles. The standard InChI is InChI=1S/C13H19NOS/c1-14(9-5-11-16-2)13-7-4-3-6-12(13)8-10-15/h3-4,6-7,10H,5,8-9,11H2,1-2H3. The number of nitrogens with zero attached hydrogens (tertiary/aromatic N) is 1. The van der Waals surface area contributed by atoms with E-state index in [9.17, 15) is 4.79 Å². The van der Waals surface area contributed by atoms with Crippen LogP contribution in [0.15, 0.2) is 24.3 Å². The zero-order valence-electron chi connectivity index (χ0n) is 9.98. The first kappa shape index (κ1) is 13.1. The van der Waals surface area contributed by atoms with Gasteiger partial charge in [0.15, 0.2) is 0 Å². The summed E-state index contributed by atoms with van der Waals surface area (Å²) in [5.41, 5.74) is 2.29. The van der Waals surface area contributed by atoms with Gasteiger partial charge in [0, 0.05) is 25.7 Å². The number of rotatable bonds is 7. The third-order valence-electron chi connectivity index (χ3n) is 2.55. The molecule has 0 spiro atoms. The lowest BCUT2D eigenvalue weighted by molar-refractivity contribution is -0.107. The molecule has 0 radical (unpaired) electrons. The Kier molecular flexibility index (Phi) is 6.01. The Balaban J connectivity index is 2.65. The average molecular weight is 237 g/mol. The van der Waals surface area contributed by atoms with Gasteiger partial charge in [0.2, 0.25) is 0 Å². The van der Waals surface area contributed by atoms with E-state index in [2.05, 4.69) is 24.3 Å². The van der Waals surface area contributed by atoms with Gasteiger partial charge in [0.1, 0.15) is 6.29 Å². The van der Waals surface area contributed by atoms with Gasteiger partial charge in [-0.2, -0.15) is 11.8 Å². The number of thioether (sulfide) groups is 1. The summed E-state index contributed by atoms with van der Waals surface area (Å²) in [6.07, 6.45) is 4.77. The summed E-state index contributed by atoms with van der Waals surface area (Å²) in [6, 6.07) is 8.11. The number of para-hydroxylation sites is 1. The predicted octanol–water partition coefficient (Wildman–Crippen LogP) is 2.62. The molecule has 0 aromatic heterocycles. The Bertz CT molecular complexity index is 327. The molecule has 0 amide bonds. The zero-order valence-corrected chi connectivity index (χ0v) is 10.8. The van der Waals surface area contributed by atoms with Crippen molar-refractivity contribution in [2.45, 2.75) is 12.8 Å². The van der Waals surface area contributed by atoms with Gasteiger partial charge in [-0.3, -0.25) is 0 Å². The quantitative estimate of drug-likeness (QED) is 0.537. The van der Waals surface area contributed by atoms with Gasteiger partial charge in [0.25, 0.3) is 0 Å². The molecule has 0 aliphatic heterocycles. The minimum atomic E-state index is 0.503. The molecule has 1 aromatic carbocycles. The van der Waals surface area contributed by atoms with Crippen molar-refractivity contribution in [2.24, 2.45) is 0 Å². The molecule has 0 unspecified atom stereocenters. The van der Waals surface area contributed by atoms with Crippen LogP contribution in [-0.4, -0.2) is 31.9 Å². The molecular formula is C13H19NOS. The molecule has 0 heterocycles. The highest BCUT2D eigenvalue weighted by Crippen LogP contribution is 2.19. The number of hydrogen-bond donors (Lipinski definition) is 0. The highest BCUT2D eigenvalue weighted by atomic mass is 32.2. The summed E-state index contributed by atoms with van der Waals surface area (Å²) in [5.74, 6) is 1.18. The molecule has 0 atom stereocenters. The van der Waals surface area contributed by atoms with E-state index in [1.807, 2.05) is 30.0 Å². The summed E-state index contributed by atoms with van der Waals surface area (Å²) >= 11 is 1.87. The largest absolute Gasteiger partial charge is 0.374 e. The Morgan fingerprint density at radius 1 is 1.38 bits per heavy atom. The number of aldehydes is 1. The van der Waals surface area contributed by atoms with Crippen molar-refractivity contribution in [1.82, 2.24) is 0 Å². The number of hydrogen-bond acceptors (Lipinski definition) is 3. The summed E-state index contributed by atoms with van der Waals surface area (Å²) in [5, 5.41) is 0. The zero-order chi connectivity index (χ0) is 11.8. The lowest BCUT2D eigenvalue weighted by Gasteiger charge is -2.21. The van der Waals surface area contributed by atoms with Gasteiger partial charge in [-0.25, -0.2) is 0 Å². The van der Waals surface area contributed by atoms with Crippen molar-refractivity contribution >= 4 is 23.7 Å². The van der Waals surface area contributed by atoms with Gasteiger partial charge < -0.3 is 9.69 Å². The normalized spacial score (nSPS) is 10.1. The van der Waals surface area contributed by atoms with Crippen molar-refractivity contribution < 1.29 is 4.79 Å². The van der Waals surface area contributed by atoms with E-state index < -0.39 is 0 Å². The fourth-order valence-corrected chi connectivity index (χ4v) is 2.13. The summed E-state index contributed by atoms with van der Waals surface area (Å²) in [6.45, 7) is 1.04. The lowest BCUT2D eigenvalue weighted by atomic mass is 10.1. The van der Waals surface area contributed by atoms with Crippen molar-refractivity contribution in [3.05, 3.63) is 29.8 Å². The molecule has 1 aromatic rings. The number of anilines is 1. The van der Waals surface area contributed by atoms with Crippen LogP contribution in [0.2, 0.25) is 0 Å². The highest BCUT2D eigenvalue weighted by Gasteiger charge is 2.05. The molecule has 0 bridgehead atoms. The van der Waals surface area contributed by atoms with Gasteiger partial charge in [-0.15, -0.1) is 0 Å². The van der Waals surface area contributed by atoms with Crippen LogP contribution in [0.1, 0.15) is 12.0 Å². The van der Waals surface area contributed by atoms with Crippen molar-refractivity contribution in [2.75, 3.05) is 30.5 Å². The topological polar surface area (TPSA) is 20.3 Å². The molecule has 0 fully saturated rings. The fourth-order valence-electron chi connectivity index (χ4n) is 1.71. The van der Waals surface area contributed by atoms with Crippen LogP contribution in [0.5, 0.6) is 0 Å². The third-order valence-corrected chi connectivity index (χ3v) is 3.25. The Hall–Kier alpha value is -0.960. The molecule has 0 saturated carbocycles. The Morgan fingerprint density at radius 3 is 2.81 bits per heavy atom. The van der Waals surface area contributed by atoms with E-state index in [0.29, 0.717) is 6.42 Å². The van der Waals surface area contributed by atoms with Crippen molar-refractivity contribution in [3.8, 4) is 0 Å². The molecule has 88 valence electrons. The van der Waals surface area contributed by atoms with Crippen LogP contribution >= 0.6 is 11.8 Å². The smallest absolute Gasteiger partial charge is 0.124 e. The minimum Gasteiger partial charge on any atom is -0.374 e. The third kappa shape index (κ3) is 3.89. The first-order chi connectivity index (χ1) is 7.79. The lowest BCUT2D eigenvalue weighted by Crippen LogP contribution is -2.20. The number of carbonyl (C=O) groups is 1. The van der Waals surface area contributed by atoms with Gasteiger partial charge in [-0.1, -0.05) is 18.2 Å². The van der Waals surface area contributed by atoms with Crippen LogP contribution < -0.4 is 4.90 Å². The maximum Gasteiger partial charge on any atom is 0.124 e. The van der Waals surface area contributed by atoms with Gasteiger partial charge in [-0.05, 0) is 30.1 Å². The van der Waals surface area contributed by atoms with Crippen LogP contribution in [0.3, 0.4) is 0 Å². The molecule has 16 heavy (non-hydrogen) atoms. The summed E-state index contributed by atoms with van der Waals surface area (Å²) < 4.78 is 0. The molecular weight excluding hydrogens is 218 g/mol. The minimum absolute atomic E-state index is 0.503. The summed E-state index contributed by atoms with van der Waals surface area (Å²) in [7, 11) is 2.09. The summed E-state index contributed by atoms with van der Waals surface area (Å²) in [4.78, 5) is 12.8. The molecule has 0 N–H and O–H groups in total. The Labute approximate surface area is 102 Å². The van der Waals surface area contributed by atoms with E-state index >= 15 is 0 Å². The predicted molar refractivity (Wildman–Crippen MR) is 72.5 cm³/mol. The van der Waals surface area contributed by atoms with Gasteiger partial charge >= 0.3 is 0 Å². The molecule has 1 rings (SSSR count). The van der Waals surface area contributed by atoms with Crippen LogP contribution in [0, 0.1) is 0 Å². The number of benzene rings is 1. The average Bonchev–Trinajstić information content (AvgIpc) is 2.30. The molecule has 0 aliphatic rings. The molecule has 0 saturated heterocycles. The molecule has 3 heteroatoms. The highest BCUT2D eigenvalue weighted by molar-refractivity contribution is 7.98. The maximum absolute atomic E-state index is 10.6. The first-order valence-electron chi connectivity index (χ1n) is 5.51. The van der Waals surface area contributed by atoms with Crippen molar-refractivity contribution in [3.63, 3.8) is 0 Å². The van der Waals surface area contributed by atoms with Crippen LogP contribution in [0.25, 0.3) is 0 Å². The van der Waals surface area contributed by atoms with Crippen LogP contribution in [-0.2, 0) is 11.2 Å². The van der Waals surface area contributed by atoms with E-state index in [1.54, 1.807) is 0 Å². The maximum atomic E-state index is 10.6. The second kappa shape index (κ2) is 7.34. The van der Waals surface area contributed by atoms with E-state index in [0.717, 1.165) is 18.4 Å². The second-order valence-corrected chi connectivity index (χ2v) is 4.75. The second-order valence-electron chi connectivity index (χ2n) is 3.77. The monoisotopic (exact) mass is 237 g/mol. The van der Waals surface area contributed by atoms with E-state index in [-0.39, 0.29) is 0 Å². The van der Waals surface area contributed by atoms with Crippen LogP contribution in [0.4, 0.5) is 5.69 Å². The number of carbonyl (C=O) groups excluding carboxylic acids is 1. The molecule has 2 nitrogen and oxygen atoms in total. The SMILES string of the molecule is CSCCCN(C)c1ccccc1CC=O.